The molecule has 9 heteroatoms. The van der Waals surface area contributed by atoms with Gasteiger partial charge in [-0.25, -0.2) is 4.79 Å². The summed E-state index contributed by atoms with van der Waals surface area (Å²) in [6, 6.07) is 14.6. The van der Waals surface area contributed by atoms with Crippen LogP contribution < -0.4 is 10.6 Å². The molecule has 2 unspecified atom stereocenters. The Labute approximate surface area is 197 Å². The topological polar surface area (TPSA) is 123 Å². The van der Waals surface area contributed by atoms with Crippen LogP contribution in [-0.4, -0.2) is 60.8 Å². The fraction of sp³-hybridized carbons (Fsp3) is 0.400. The Balaban J connectivity index is 1.35. The number of rotatable bonds is 8. The normalized spacial score (nSPS) is 19.1. The highest BCUT2D eigenvalue weighted by Gasteiger charge is 2.34. The zero-order valence-electron chi connectivity index (χ0n) is 19.1. The van der Waals surface area contributed by atoms with Crippen LogP contribution in [0, 0.1) is 0 Å². The number of hydrogen-bond donors (Lipinski definition) is 3. The summed E-state index contributed by atoms with van der Waals surface area (Å²) in [4.78, 5) is 36.4. The molecule has 2 amide bonds. The van der Waals surface area contributed by atoms with Gasteiger partial charge in [0.05, 0.1) is 13.0 Å². The van der Waals surface area contributed by atoms with Gasteiger partial charge in [0.25, 0.3) is 0 Å². The van der Waals surface area contributed by atoms with Gasteiger partial charge in [0.1, 0.15) is 18.8 Å². The van der Waals surface area contributed by atoms with Crippen LogP contribution in [0.4, 0.5) is 4.79 Å². The molecule has 9 nitrogen and oxygen atoms in total. The third-order valence-electron chi connectivity index (χ3n) is 5.90. The summed E-state index contributed by atoms with van der Waals surface area (Å²) < 4.78 is 16.5. The van der Waals surface area contributed by atoms with Gasteiger partial charge in [-0.15, -0.1) is 0 Å². The lowest BCUT2D eigenvalue weighted by molar-refractivity contribution is -0.141. The molecule has 2 atom stereocenters. The number of amides is 2. The summed E-state index contributed by atoms with van der Waals surface area (Å²) in [5.41, 5.74) is 4.30. The first-order chi connectivity index (χ1) is 16.2. The second-order valence-corrected chi connectivity index (χ2v) is 8.82. The summed E-state index contributed by atoms with van der Waals surface area (Å²) in [7, 11) is 0. The zero-order valence-corrected chi connectivity index (χ0v) is 19.1. The lowest BCUT2D eigenvalue weighted by atomic mass is 9.98. The van der Waals surface area contributed by atoms with E-state index in [-0.39, 0.29) is 25.2 Å². The number of benzene rings is 2. The minimum absolute atomic E-state index is 0.0591. The molecule has 2 aliphatic rings. The Morgan fingerprint density at radius 2 is 1.71 bits per heavy atom. The van der Waals surface area contributed by atoms with E-state index in [1.165, 1.54) is 0 Å². The van der Waals surface area contributed by atoms with Gasteiger partial charge in [0.15, 0.2) is 5.79 Å². The average Bonchev–Trinajstić information content (AvgIpc) is 3.32. The Morgan fingerprint density at radius 3 is 2.26 bits per heavy atom. The maximum absolute atomic E-state index is 12.6. The summed E-state index contributed by atoms with van der Waals surface area (Å²) in [6.45, 7) is 4.02. The minimum Gasteiger partial charge on any atom is -0.481 e. The van der Waals surface area contributed by atoms with Gasteiger partial charge in [-0.2, -0.15) is 0 Å². The van der Waals surface area contributed by atoms with E-state index in [2.05, 4.69) is 10.6 Å². The zero-order chi connectivity index (χ0) is 24.3. The van der Waals surface area contributed by atoms with Crippen LogP contribution in [0.15, 0.2) is 48.5 Å². The quantitative estimate of drug-likeness (QED) is 0.544. The van der Waals surface area contributed by atoms with Gasteiger partial charge >= 0.3 is 12.1 Å². The predicted octanol–water partition coefficient (Wildman–Crippen LogP) is 2.64. The molecule has 4 rings (SSSR count). The highest BCUT2D eigenvalue weighted by Crippen LogP contribution is 2.44. The number of aliphatic carboxylic acids is 1. The van der Waals surface area contributed by atoms with E-state index in [1.807, 2.05) is 48.5 Å². The molecular weight excluding hydrogens is 440 g/mol. The number of carboxylic acid groups (broad SMARTS) is 1. The fourth-order valence-electron chi connectivity index (χ4n) is 4.37. The molecule has 0 saturated carbocycles. The van der Waals surface area contributed by atoms with Crippen molar-refractivity contribution in [2.24, 2.45) is 0 Å². The minimum atomic E-state index is -1.29. The largest absolute Gasteiger partial charge is 0.481 e. The Morgan fingerprint density at radius 1 is 1.09 bits per heavy atom. The van der Waals surface area contributed by atoms with Crippen LogP contribution in [0.1, 0.15) is 37.3 Å². The van der Waals surface area contributed by atoms with E-state index in [1.54, 1.807) is 13.8 Å². The summed E-state index contributed by atoms with van der Waals surface area (Å²) in [5.74, 6) is -2.74. The molecule has 1 fully saturated rings. The summed E-state index contributed by atoms with van der Waals surface area (Å²) in [5, 5.41) is 14.2. The third-order valence-corrected chi connectivity index (χ3v) is 5.90. The molecule has 0 spiro atoms. The van der Waals surface area contributed by atoms with Crippen molar-refractivity contribution in [2.45, 2.75) is 44.1 Å². The Kier molecular flexibility index (Phi) is 6.85. The molecule has 2 aromatic carbocycles. The van der Waals surface area contributed by atoms with Gasteiger partial charge in [-0.05, 0) is 36.1 Å². The molecule has 0 aromatic heterocycles. The van der Waals surface area contributed by atoms with Gasteiger partial charge in [0, 0.05) is 12.5 Å². The predicted molar refractivity (Wildman–Crippen MR) is 122 cm³/mol. The highest BCUT2D eigenvalue weighted by molar-refractivity contribution is 5.89. The molecule has 1 aliphatic heterocycles. The number of hydrogen-bond acceptors (Lipinski definition) is 6. The molecule has 0 radical (unpaired) electrons. The number of carbonyl (C=O) groups excluding carboxylic acids is 2. The van der Waals surface area contributed by atoms with Crippen molar-refractivity contribution in [3.63, 3.8) is 0 Å². The second kappa shape index (κ2) is 9.82. The molecular formula is C25H28N2O7. The van der Waals surface area contributed by atoms with Crippen molar-refractivity contribution < 1.29 is 33.7 Å². The van der Waals surface area contributed by atoms with Gasteiger partial charge in [0.2, 0.25) is 5.91 Å². The van der Waals surface area contributed by atoms with Crippen molar-refractivity contribution in [3.8, 4) is 11.1 Å². The number of nitrogens with one attached hydrogen (secondary N) is 2. The SMILES string of the molecule is CC1(C)OCC(CNC(=O)C(CC(=O)O)NC(=O)OCC2c3ccccc3-c3ccccc32)O1. The number of fused-ring (bicyclic) bond motifs is 3. The molecule has 34 heavy (non-hydrogen) atoms. The molecule has 3 N–H and O–H groups in total. The molecule has 1 aliphatic carbocycles. The van der Waals surface area contributed by atoms with E-state index in [0.29, 0.717) is 6.61 Å². The number of carbonyl (C=O) groups is 3. The van der Waals surface area contributed by atoms with E-state index < -0.39 is 36.2 Å². The fourth-order valence-corrected chi connectivity index (χ4v) is 4.37. The van der Waals surface area contributed by atoms with Crippen molar-refractivity contribution in [1.82, 2.24) is 10.6 Å². The highest BCUT2D eigenvalue weighted by atomic mass is 16.7. The van der Waals surface area contributed by atoms with Crippen molar-refractivity contribution >= 4 is 18.0 Å². The van der Waals surface area contributed by atoms with Gasteiger partial charge < -0.3 is 30.0 Å². The smallest absolute Gasteiger partial charge is 0.407 e. The first kappa shape index (κ1) is 23.7. The maximum atomic E-state index is 12.6. The average molecular weight is 469 g/mol. The lowest BCUT2D eigenvalue weighted by Gasteiger charge is -2.20. The summed E-state index contributed by atoms with van der Waals surface area (Å²) in [6.07, 6.45) is -1.80. The van der Waals surface area contributed by atoms with Crippen LogP contribution >= 0.6 is 0 Å². The molecule has 0 bridgehead atoms. The van der Waals surface area contributed by atoms with E-state index >= 15 is 0 Å². The number of ether oxygens (including phenoxy) is 3. The molecule has 1 heterocycles. The third kappa shape index (κ3) is 5.37. The van der Waals surface area contributed by atoms with Crippen LogP contribution in [0.2, 0.25) is 0 Å². The van der Waals surface area contributed by atoms with Crippen molar-refractivity contribution in [2.75, 3.05) is 19.8 Å². The maximum Gasteiger partial charge on any atom is 0.407 e. The standard InChI is InChI=1S/C25H28N2O7/c1-25(2)33-13-15(34-25)12-26-23(30)21(11-22(28)29)27-24(31)32-14-20-18-9-5-3-7-16(18)17-8-4-6-10-19(17)20/h3-10,15,20-21H,11-14H2,1-2H3,(H,26,30)(H,27,31)(H,28,29). The Bertz CT molecular complexity index is 1040. The molecule has 1 saturated heterocycles. The second-order valence-electron chi connectivity index (χ2n) is 8.82. The number of alkyl carbamates (subject to hydrolysis) is 1. The molecule has 180 valence electrons. The van der Waals surface area contributed by atoms with Crippen LogP contribution in [0.3, 0.4) is 0 Å². The number of carboxylic acids is 1. The van der Waals surface area contributed by atoms with Gasteiger partial charge in [-0.1, -0.05) is 48.5 Å². The van der Waals surface area contributed by atoms with E-state index in [0.717, 1.165) is 22.3 Å². The van der Waals surface area contributed by atoms with Crippen LogP contribution in [0.5, 0.6) is 0 Å². The first-order valence-corrected chi connectivity index (χ1v) is 11.2. The monoisotopic (exact) mass is 468 g/mol. The van der Waals surface area contributed by atoms with E-state index in [4.69, 9.17) is 14.2 Å². The first-order valence-electron chi connectivity index (χ1n) is 11.2. The van der Waals surface area contributed by atoms with Gasteiger partial charge in [-0.3, -0.25) is 9.59 Å². The lowest BCUT2D eigenvalue weighted by Crippen LogP contribution is -2.49. The van der Waals surface area contributed by atoms with Crippen LogP contribution in [-0.2, 0) is 23.8 Å². The summed E-state index contributed by atoms with van der Waals surface area (Å²) >= 11 is 0. The molecule has 2 aromatic rings. The Hall–Kier alpha value is -3.43. The van der Waals surface area contributed by atoms with Crippen molar-refractivity contribution in [1.29, 1.82) is 0 Å². The van der Waals surface area contributed by atoms with Crippen molar-refractivity contribution in [3.05, 3.63) is 59.7 Å². The van der Waals surface area contributed by atoms with E-state index in [9.17, 15) is 19.5 Å². The van der Waals surface area contributed by atoms with Crippen LogP contribution in [0.25, 0.3) is 11.1 Å².